The van der Waals surface area contributed by atoms with Gasteiger partial charge in [0, 0.05) is 37.3 Å². The SMILES string of the molecule is CN1CCc2ncnc(N3CCc4ccc(F)cc43)c2C1. The molecule has 5 heteroatoms. The molecule has 2 aliphatic rings. The van der Waals surface area contributed by atoms with Crippen molar-refractivity contribution in [3.05, 3.63) is 47.2 Å². The topological polar surface area (TPSA) is 32.3 Å². The van der Waals surface area contributed by atoms with Gasteiger partial charge in [-0.2, -0.15) is 0 Å². The lowest BCUT2D eigenvalue weighted by molar-refractivity contribution is 0.309. The van der Waals surface area contributed by atoms with Crippen molar-refractivity contribution < 1.29 is 4.39 Å². The predicted molar refractivity (Wildman–Crippen MR) is 79.2 cm³/mol. The quantitative estimate of drug-likeness (QED) is 0.804. The molecule has 0 radical (unpaired) electrons. The first kappa shape index (κ1) is 12.7. The van der Waals surface area contributed by atoms with E-state index in [9.17, 15) is 4.39 Å². The zero-order valence-electron chi connectivity index (χ0n) is 12.0. The molecule has 108 valence electrons. The average Bonchev–Trinajstić information content (AvgIpc) is 2.89. The Hall–Kier alpha value is -2.01. The highest BCUT2D eigenvalue weighted by Gasteiger charge is 2.27. The van der Waals surface area contributed by atoms with Crippen LogP contribution >= 0.6 is 0 Å². The Morgan fingerprint density at radius 2 is 2.05 bits per heavy atom. The van der Waals surface area contributed by atoms with Crippen molar-refractivity contribution in [2.24, 2.45) is 0 Å². The van der Waals surface area contributed by atoms with Crippen molar-refractivity contribution in [2.75, 3.05) is 25.0 Å². The fourth-order valence-electron chi connectivity index (χ4n) is 3.27. The Balaban J connectivity index is 1.81. The van der Waals surface area contributed by atoms with E-state index in [1.165, 1.54) is 17.2 Å². The van der Waals surface area contributed by atoms with Gasteiger partial charge in [0.25, 0.3) is 0 Å². The van der Waals surface area contributed by atoms with Gasteiger partial charge in [-0.1, -0.05) is 6.07 Å². The highest BCUT2D eigenvalue weighted by molar-refractivity contribution is 5.70. The number of benzene rings is 1. The maximum atomic E-state index is 13.6. The molecule has 0 atom stereocenters. The van der Waals surface area contributed by atoms with Crippen LogP contribution in [0.2, 0.25) is 0 Å². The first-order chi connectivity index (χ1) is 10.2. The Morgan fingerprint density at radius 1 is 1.14 bits per heavy atom. The van der Waals surface area contributed by atoms with E-state index in [0.29, 0.717) is 0 Å². The second-order valence-corrected chi connectivity index (χ2v) is 5.78. The standard InChI is InChI=1S/C16H17FN4/c1-20-6-5-14-13(9-20)16(19-10-18-14)21-7-4-11-2-3-12(17)8-15(11)21/h2-3,8,10H,4-7,9H2,1H3. The summed E-state index contributed by atoms with van der Waals surface area (Å²) in [5.74, 6) is 0.747. The van der Waals surface area contributed by atoms with E-state index in [1.54, 1.807) is 12.4 Å². The molecule has 0 N–H and O–H groups in total. The van der Waals surface area contributed by atoms with Crippen LogP contribution < -0.4 is 4.90 Å². The molecule has 1 aromatic carbocycles. The van der Waals surface area contributed by atoms with E-state index in [1.807, 2.05) is 6.07 Å². The lowest BCUT2D eigenvalue weighted by atomic mass is 10.1. The Bertz CT molecular complexity index is 701. The Labute approximate surface area is 123 Å². The number of aromatic nitrogens is 2. The summed E-state index contributed by atoms with van der Waals surface area (Å²) >= 11 is 0. The minimum Gasteiger partial charge on any atom is -0.325 e. The van der Waals surface area contributed by atoms with Crippen LogP contribution in [0.5, 0.6) is 0 Å². The molecule has 2 aromatic rings. The highest BCUT2D eigenvalue weighted by atomic mass is 19.1. The second-order valence-electron chi connectivity index (χ2n) is 5.78. The third-order valence-corrected chi connectivity index (χ3v) is 4.37. The highest BCUT2D eigenvalue weighted by Crippen LogP contribution is 2.37. The normalized spacial score (nSPS) is 17.7. The molecule has 1 aromatic heterocycles. The van der Waals surface area contributed by atoms with Gasteiger partial charge in [-0.05, 0) is 31.2 Å². The van der Waals surface area contributed by atoms with Crippen LogP contribution in [0.4, 0.5) is 15.9 Å². The molecule has 0 saturated heterocycles. The van der Waals surface area contributed by atoms with Gasteiger partial charge in [-0.3, -0.25) is 0 Å². The van der Waals surface area contributed by atoms with E-state index >= 15 is 0 Å². The molecule has 0 aliphatic carbocycles. The number of fused-ring (bicyclic) bond motifs is 2. The van der Waals surface area contributed by atoms with Crippen LogP contribution in [0.15, 0.2) is 24.5 Å². The Morgan fingerprint density at radius 3 is 2.95 bits per heavy atom. The zero-order chi connectivity index (χ0) is 14.4. The van der Waals surface area contributed by atoms with Gasteiger partial charge in [0.2, 0.25) is 0 Å². The summed E-state index contributed by atoms with van der Waals surface area (Å²) in [4.78, 5) is 13.3. The summed E-state index contributed by atoms with van der Waals surface area (Å²) in [5.41, 5.74) is 4.45. The number of halogens is 1. The van der Waals surface area contributed by atoms with E-state index in [0.717, 1.165) is 49.7 Å². The largest absolute Gasteiger partial charge is 0.325 e. The van der Waals surface area contributed by atoms with Crippen molar-refractivity contribution in [1.29, 1.82) is 0 Å². The fraction of sp³-hybridized carbons (Fsp3) is 0.375. The van der Waals surface area contributed by atoms with E-state index in [4.69, 9.17) is 0 Å². The van der Waals surface area contributed by atoms with Gasteiger partial charge in [-0.25, -0.2) is 14.4 Å². The third-order valence-electron chi connectivity index (χ3n) is 4.37. The molecule has 2 aliphatic heterocycles. The number of rotatable bonds is 1. The summed E-state index contributed by atoms with van der Waals surface area (Å²) in [7, 11) is 2.11. The molecule has 0 spiro atoms. The molecule has 0 bridgehead atoms. The van der Waals surface area contributed by atoms with Crippen LogP contribution in [-0.2, 0) is 19.4 Å². The summed E-state index contributed by atoms with van der Waals surface area (Å²) in [6.07, 6.45) is 3.52. The van der Waals surface area contributed by atoms with Crippen LogP contribution in [0.3, 0.4) is 0 Å². The molecular weight excluding hydrogens is 267 g/mol. The molecule has 4 nitrogen and oxygen atoms in total. The predicted octanol–water partition coefficient (Wildman–Crippen LogP) is 2.30. The van der Waals surface area contributed by atoms with E-state index in [2.05, 4.69) is 26.8 Å². The number of likely N-dealkylation sites (N-methyl/N-ethyl adjacent to an activating group) is 1. The van der Waals surface area contributed by atoms with Gasteiger partial charge in [0.1, 0.15) is 18.0 Å². The van der Waals surface area contributed by atoms with Gasteiger partial charge < -0.3 is 9.80 Å². The monoisotopic (exact) mass is 284 g/mol. The number of anilines is 2. The molecule has 0 saturated carbocycles. The van der Waals surface area contributed by atoms with Gasteiger partial charge in [0.15, 0.2) is 0 Å². The first-order valence-electron chi connectivity index (χ1n) is 7.29. The lowest BCUT2D eigenvalue weighted by Gasteiger charge is -2.29. The van der Waals surface area contributed by atoms with Crippen LogP contribution in [-0.4, -0.2) is 35.0 Å². The van der Waals surface area contributed by atoms with E-state index < -0.39 is 0 Å². The third kappa shape index (κ3) is 2.08. The number of nitrogens with zero attached hydrogens (tertiary/aromatic N) is 4. The van der Waals surface area contributed by atoms with Gasteiger partial charge >= 0.3 is 0 Å². The van der Waals surface area contributed by atoms with Crippen LogP contribution in [0.1, 0.15) is 16.8 Å². The molecule has 0 amide bonds. The summed E-state index contributed by atoms with van der Waals surface area (Å²) in [6, 6.07) is 5.03. The molecule has 21 heavy (non-hydrogen) atoms. The van der Waals surface area contributed by atoms with Crippen molar-refractivity contribution in [3.8, 4) is 0 Å². The molecule has 4 rings (SSSR count). The maximum Gasteiger partial charge on any atom is 0.141 e. The zero-order valence-corrected chi connectivity index (χ0v) is 12.0. The minimum absolute atomic E-state index is 0.194. The summed E-state index contributed by atoms with van der Waals surface area (Å²) in [6.45, 7) is 2.73. The molecule has 0 fully saturated rings. The van der Waals surface area contributed by atoms with E-state index in [-0.39, 0.29) is 5.82 Å². The minimum atomic E-state index is -0.194. The average molecular weight is 284 g/mol. The van der Waals surface area contributed by atoms with Crippen molar-refractivity contribution in [3.63, 3.8) is 0 Å². The molecule has 3 heterocycles. The smallest absolute Gasteiger partial charge is 0.141 e. The molecular formula is C16H17FN4. The van der Waals surface area contributed by atoms with Crippen molar-refractivity contribution >= 4 is 11.5 Å². The van der Waals surface area contributed by atoms with Crippen LogP contribution in [0, 0.1) is 5.82 Å². The molecule has 0 unspecified atom stereocenters. The number of hydrogen-bond acceptors (Lipinski definition) is 4. The Kier molecular flexibility index (Phi) is 2.89. The summed E-state index contributed by atoms with van der Waals surface area (Å²) in [5, 5.41) is 0. The van der Waals surface area contributed by atoms with Crippen LogP contribution in [0.25, 0.3) is 0 Å². The summed E-state index contributed by atoms with van der Waals surface area (Å²) < 4.78 is 13.6. The maximum absolute atomic E-state index is 13.6. The first-order valence-corrected chi connectivity index (χ1v) is 7.29. The number of hydrogen-bond donors (Lipinski definition) is 0. The van der Waals surface area contributed by atoms with Gasteiger partial charge in [-0.15, -0.1) is 0 Å². The lowest BCUT2D eigenvalue weighted by Crippen LogP contribution is -2.30. The fourth-order valence-corrected chi connectivity index (χ4v) is 3.27. The van der Waals surface area contributed by atoms with Gasteiger partial charge in [0.05, 0.1) is 5.69 Å². The second kappa shape index (κ2) is 4.77. The van der Waals surface area contributed by atoms with Crippen molar-refractivity contribution in [2.45, 2.75) is 19.4 Å². The van der Waals surface area contributed by atoms with Crippen molar-refractivity contribution in [1.82, 2.24) is 14.9 Å².